The molecule has 4 N–H and O–H groups in total. The quantitative estimate of drug-likeness (QED) is 0.664. The molecule has 0 aliphatic heterocycles. The summed E-state index contributed by atoms with van der Waals surface area (Å²) in [6.45, 7) is 6.37. The van der Waals surface area contributed by atoms with Gasteiger partial charge in [0.15, 0.2) is 5.16 Å². The van der Waals surface area contributed by atoms with E-state index >= 15 is 0 Å². The van der Waals surface area contributed by atoms with Crippen LogP contribution in [-0.4, -0.2) is 9.97 Å². The molecule has 0 atom stereocenters. The summed E-state index contributed by atoms with van der Waals surface area (Å²) in [6.07, 6.45) is 0. The maximum atomic E-state index is 5.66. The molecule has 0 aliphatic carbocycles. The average molecular weight is 274 g/mol. The molecular formula is C14H18N4S. The van der Waals surface area contributed by atoms with E-state index in [9.17, 15) is 0 Å². The van der Waals surface area contributed by atoms with Crippen LogP contribution in [0, 0.1) is 20.8 Å². The van der Waals surface area contributed by atoms with Crippen molar-refractivity contribution in [2.75, 3.05) is 11.5 Å². The number of hydrogen-bond acceptors (Lipinski definition) is 5. The van der Waals surface area contributed by atoms with Crippen molar-refractivity contribution in [3.63, 3.8) is 0 Å². The highest BCUT2D eigenvalue weighted by Gasteiger charge is 2.07. The molecule has 0 saturated heterocycles. The topological polar surface area (TPSA) is 77.8 Å². The number of aryl methyl sites for hydroxylation is 3. The number of hydrogen-bond donors (Lipinski definition) is 2. The van der Waals surface area contributed by atoms with E-state index in [0.29, 0.717) is 16.8 Å². The van der Waals surface area contributed by atoms with Crippen LogP contribution in [0.3, 0.4) is 0 Å². The van der Waals surface area contributed by atoms with Crippen molar-refractivity contribution in [2.45, 2.75) is 31.7 Å². The van der Waals surface area contributed by atoms with E-state index < -0.39 is 0 Å². The van der Waals surface area contributed by atoms with Gasteiger partial charge in [0.25, 0.3) is 0 Å². The fourth-order valence-electron chi connectivity index (χ4n) is 2.10. The van der Waals surface area contributed by atoms with Gasteiger partial charge in [-0.05, 0) is 37.5 Å². The van der Waals surface area contributed by atoms with E-state index in [4.69, 9.17) is 11.5 Å². The van der Waals surface area contributed by atoms with Gasteiger partial charge in [-0.25, -0.2) is 9.97 Å². The first-order valence-corrected chi connectivity index (χ1v) is 7.04. The Balaban J connectivity index is 2.19. The Morgan fingerprint density at radius 2 is 1.47 bits per heavy atom. The molecule has 1 aromatic heterocycles. The molecule has 0 unspecified atom stereocenters. The fraction of sp³-hybridized carbons (Fsp3) is 0.286. The summed E-state index contributed by atoms with van der Waals surface area (Å²) < 4.78 is 0. The molecule has 1 heterocycles. The highest BCUT2D eigenvalue weighted by atomic mass is 32.2. The minimum atomic E-state index is 0.410. The van der Waals surface area contributed by atoms with Crippen molar-refractivity contribution in [1.82, 2.24) is 9.97 Å². The van der Waals surface area contributed by atoms with Gasteiger partial charge < -0.3 is 11.5 Å². The number of aromatic nitrogens is 2. The van der Waals surface area contributed by atoms with E-state index in [1.807, 2.05) is 0 Å². The van der Waals surface area contributed by atoms with Crippen molar-refractivity contribution >= 4 is 23.4 Å². The number of benzene rings is 1. The number of anilines is 2. The number of rotatable bonds is 3. The first-order valence-electron chi connectivity index (χ1n) is 6.05. The predicted molar refractivity (Wildman–Crippen MR) is 81.1 cm³/mol. The minimum Gasteiger partial charge on any atom is -0.383 e. The van der Waals surface area contributed by atoms with Crippen LogP contribution < -0.4 is 11.5 Å². The van der Waals surface area contributed by atoms with Crippen LogP contribution in [0.15, 0.2) is 23.4 Å². The Morgan fingerprint density at radius 3 is 2.00 bits per heavy atom. The Morgan fingerprint density at radius 1 is 0.947 bits per heavy atom. The van der Waals surface area contributed by atoms with Crippen molar-refractivity contribution in [3.8, 4) is 0 Å². The van der Waals surface area contributed by atoms with Crippen molar-refractivity contribution in [2.24, 2.45) is 0 Å². The van der Waals surface area contributed by atoms with Crippen LogP contribution in [-0.2, 0) is 5.75 Å². The minimum absolute atomic E-state index is 0.410. The standard InChI is InChI=1S/C14H18N4S/c1-8-4-9(2)11(10(3)5-8)7-19-14-17-12(15)6-13(16)18-14/h4-6H,7H2,1-3H3,(H4,15,16,17,18). The average Bonchev–Trinajstić information content (AvgIpc) is 2.25. The van der Waals surface area contributed by atoms with Crippen molar-refractivity contribution in [1.29, 1.82) is 0 Å². The maximum Gasteiger partial charge on any atom is 0.191 e. The van der Waals surface area contributed by atoms with E-state index in [2.05, 4.69) is 42.9 Å². The van der Waals surface area contributed by atoms with E-state index in [0.717, 1.165) is 5.75 Å². The number of nitrogens with two attached hydrogens (primary N) is 2. The SMILES string of the molecule is Cc1cc(C)c(CSc2nc(N)cc(N)n2)c(C)c1. The van der Waals surface area contributed by atoms with Crippen molar-refractivity contribution in [3.05, 3.63) is 40.5 Å². The molecule has 2 aromatic rings. The molecule has 100 valence electrons. The third-order valence-electron chi connectivity index (χ3n) is 2.93. The van der Waals surface area contributed by atoms with Gasteiger partial charge in [-0.3, -0.25) is 0 Å². The number of nitrogen functional groups attached to an aromatic ring is 2. The summed E-state index contributed by atoms with van der Waals surface area (Å²) in [5.41, 5.74) is 16.5. The van der Waals surface area contributed by atoms with Gasteiger partial charge in [-0.2, -0.15) is 0 Å². The summed E-state index contributed by atoms with van der Waals surface area (Å²) in [7, 11) is 0. The first-order chi connectivity index (χ1) is 8.95. The van der Waals surface area contributed by atoms with Crippen LogP contribution >= 0.6 is 11.8 Å². The van der Waals surface area contributed by atoms with Crippen molar-refractivity contribution < 1.29 is 0 Å². The molecule has 0 amide bonds. The second-order valence-corrected chi connectivity index (χ2v) is 5.61. The fourth-order valence-corrected chi connectivity index (χ4v) is 3.17. The summed E-state index contributed by atoms with van der Waals surface area (Å²) in [5, 5.41) is 0.622. The van der Waals surface area contributed by atoms with Crippen LogP contribution in [0.5, 0.6) is 0 Å². The van der Waals surface area contributed by atoms with Crippen LogP contribution in [0.2, 0.25) is 0 Å². The molecular weight excluding hydrogens is 256 g/mol. The summed E-state index contributed by atoms with van der Waals surface area (Å²) in [6, 6.07) is 5.95. The molecule has 0 aliphatic rings. The Labute approximate surface area is 117 Å². The molecule has 5 heteroatoms. The van der Waals surface area contributed by atoms with Gasteiger partial charge >= 0.3 is 0 Å². The lowest BCUT2D eigenvalue weighted by molar-refractivity contribution is 0.983. The molecule has 0 saturated carbocycles. The Kier molecular flexibility index (Phi) is 3.95. The zero-order chi connectivity index (χ0) is 14.0. The molecule has 0 fully saturated rings. The van der Waals surface area contributed by atoms with Gasteiger partial charge in [0, 0.05) is 11.8 Å². The van der Waals surface area contributed by atoms with Crippen LogP contribution in [0.25, 0.3) is 0 Å². The molecule has 4 nitrogen and oxygen atoms in total. The Bertz CT molecular complexity index is 567. The zero-order valence-corrected chi connectivity index (χ0v) is 12.2. The monoisotopic (exact) mass is 274 g/mol. The lowest BCUT2D eigenvalue weighted by Gasteiger charge is -2.10. The lowest BCUT2D eigenvalue weighted by Crippen LogP contribution is -2.00. The maximum absolute atomic E-state index is 5.66. The highest BCUT2D eigenvalue weighted by Crippen LogP contribution is 2.26. The van der Waals surface area contributed by atoms with E-state index in [-0.39, 0.29) is 0 Å². The molecule has 2 rings (SSSR count). The largest absolute Gasteiger partial charge is 0.383 e. The zero-order valence-electron chi connectivity index (χ0n) is 11.4. The van der Waals surface area contributed by atoms with Gasteiger partial charge in [-0.1, -0.05) is 29.5 Å². The van der Waals surface area contributed by atoms with Gasteiger partial charge in [-0.15, -0.1) is 0 Å². The second kappa shape index (κ2) is 5.48. The summed E-state index contributed by atoms with van der Waals surface area (Å²) in [5.74, 6) is 1.64. The molecule has 0 spiro atoms. The predicted octanol–water partition coefficient (Wildman–Crippen LogP) is 2.86. The molecule has 0 radical (unpaired) electrons. The molecule has 19 heavy (non-hydrogen) atoms. The Hall–Kier alpha value is -1.75. The smallest absolute Gasteiger partial charge is 0.191 e. The first kappa shape index (κ1) is 13.7. The van der Waals surface area contributed by atoms with Gasteiger partial charge in [0.1, 0.15) is 11.6 Å². The van der Waals surface area contributed by atoms with Gasteiger partial charge in [0.05, 0.1) is 0 Å². The van der Waals surface area contributed by atoms with Crippen LogP contribution in [0.1, 0.15) is 22.3 Å². The van der Waals surface area contributed by atoms with E-state index in [1.165, 1.54) is 22.3 Å². The lowest BCUT2D eigenvalue weighted by atomic mass is 10.0. The van der Waals surface area contributed by atoms with Gasteiger partial charge in [0.2, 0.25) is 0 Å². The highest BCUT2D eigenvalue weighted by molar-refractivity contribution is 7.98. The third kappa shape index (κ3) is 3.38. The third-order valence-corrected chi connectivity index (χ3v) is 3.81. The summed E-state index contributed by atoms with van der Waals surface area (Å²) >= 11 is 1.55. The van der Waals surface area contributed by atoms with E-state index in [1.54, 1.807) is 17.8 Å². The normalized spacial score (nSPS) is 10.7. The molecule has 0 bridgehead atoms. The summed E-state index contributed by atoms with van der Waals surface area (Å²) in [4.78, 5) is 8.35. The van der Waals surface area contributed by atoms with Crippen LogP contribution in [0.4, 0.5) is 11.6 Å². The number of thioether (sulfide) groups is 1. The number of nitrogens with zero attached hydrogens (tertiary/aromatic N) is 2. The second-order valence-electron chi connectivity index (χ2n) is 4.67. The molecule has 1 aromatic carbocycles.